The standard InChI is InChI=1S/C78H105N7O24/c1-22-61(86)101-43-58(46-104-64(89)49(4)5)107-70(95)82-76(16,17)55-31-25-28-52(40-55)73(10,11)79-67(92)98-37-34-85(35-38-99-68(93)80-74(12,13)53-29-26-32-56(41-53)77(18,19)83-71(96)108-59(44-102-62(87)23-2)47-105-65(90)50(6)7)36-39-100-69(94)81-75(14,15)54-30-27-33-57(42-54)78(20,21)84-72(97)109-60(45-103-63(88)24-3)48-106-66(91)51(8)9/h22-33,40-42,58-60H,1-4,6,8,34-39,43-48H2,5,7,9-21H3,(H,79,92)(H,80,93)(H,81,94)(H,82,95)(H,83,96)(H,84,97). The fraction of sp³-hybridized carbons (Fsp3) is 0.462. The van der Waals surface area contributed by atoms with Crippen LogP contribution in [0.3, 0.4) is 0 Å². The fourth-order valence-corrected chi connectivity index (χ4v) is 9.57. The first-order valence-electron chi connectivity index (χ1n) is 34.5. The molecule has 3 unspecified atom stereocenters. The first kappa shape index (κ1) is 91.7. The quantitative estimate of drug-likeness (QED) is 0.0174. The average molecular weight is 1520 g/mol. The molecule has 6 N–H and O–H groups in total. The molecule has 0 saturated carbocycles. The Hall–Kier alpha value is -11.5. The van der Waals surface area contributed by atoms with Gasteiger partial charge in [-0.3, -0.25) is 4.90 Å². The van der Waals surface area contributed by atoms with Crippen molar-refractivity contribution < 1.29 is 114 Å². The summed E-state index contributed by atoms with van der Waals surface area (Å²) in [4.78, 5) is 155. The topological polar surface area (TPSA) is 391 Å². The highest BCUT2D eigenvalue weighted by Crippen LogP contribution is 2.31. The molecule has 596 valence electrons. The summed E-state index contributed by atoms with van der Waals surface area (Å²) in [5.74, 6) is -4.63. The summed E-state index contributed by atoms with van der Waals surface area (Å²) in [7, 11) is 0. The molecule has 0 spiro atoms. The molecule has 3 aromatic rings. The molecule has 0 radical (unpaired) electrons. The van der Waals surface area contributed by atoms with E-state index in [1.807, 2.05) is 0 Å². The molecule has 0 fully saturated rings. The van der Waals surface area contributed by atoms with Crippen LogP contribution in [0.2, 0.25) is 0 Å². The first-order chi connectivity index (χ1) is 50.7. The van der Waals surface area contributed by atoms with Crippen molar-refractivity contribution in [3.05, 3.63) is 181 Å². The van der Waals surface area contributed by atoms with Gasteiger partial charge in [-0.05, 0) is 137 Å². The Bertz CT molecular complexity index is 3430. The number of benzene rings is 3. The molecular formula is C78H105N7O24. The Kier molecular flexibility index (Phi) is 35.5. The normalized spacial score (nSPS) is 12.3. The SMILES string of the molecule is C=CC(=O)OCC(COC(=O)C(=C)C)OC(=O)NC(C)(C)c1cccc(C(C)(C)NC(=O)OCCN(CCOC(=O)NC(C)(C)c2cccc(C(C)(C)NC(=O)OC(COC(=O)C=C)COC(=O)C(=C)C)c2)CCOC(=O)NC(C)(C)c2cccc(C(C)(C)NC(=O)OC(COC(=O)C=C)COC(=O)C(=C)C)c2)c1. The molecule has 0 bridgehead atoms. The first-order valence-corrected chi connectivity index (χ1v) is 34.5. The third kappa shape index (κ3) is 32.6. The molecule has 3 rings (SSSR count). The van der Waals surface area contributed by atoms with E-state index >= 15 is 0 Å². The summed E-state index contributed by atoms with van der Waals surface area (Å²) in [6.07, 6.45) is -6.10. The molecular weight excluding hydrogens is 1420 g/mol. The molecule has 3 atom stereocenters. The van der Waals surface area contributed by atoms with E-state index < -0.39 is 164 Å². The van der Waals surface area contributed by atoms with Crippen LogP contribution in [0.4, 0.5) is 28.8 Å². The average Bonchev–Trinajstić information content (AvgIpc) is 0.814. The van der Waals surface area contributed by atoms with E-state index in [4.69, 9.17) is 56.8 Å². The smallest absolute Gasteiger partial charge is 0.408 e. The molecule has 0 saturated heterocycles. The molecule has 31 heteroatoms. The van der Waals surface area contributed by atoms with Gasteiger partial charge in [0.05, 0.1) is 33.2 Å². The number of hydrogen-bond donors (Lipinski definition) is 6. The third-order valence-corrected chi connectivity index (χ3v) is 16.1. The lowest BCUT2D eigenvalue weighted by atomic mass is 9.87. The molecule has 0 aliphatic rings. The number of carbonyl (C=O) groups excluding carboxylic acids is 12. The second kappa shape index (κ2) is 42.2. The lowest BCUT2D eigenvalue weighted by Crippen LogP contribution is -2.45. The van der Waals surface area contributed by atoms with Gasteiger partial charge in [0.25, 0.3) is 0 Å². The molecule has 0 aliphatic heterocycles. The molecule has 0 aromatic heterocycles. The van der Waals surface area contributed by atoms with Crippen LogP contribution in [-0.2, 0) is 119 Å². The lowest BCUT2D eigenvalue weighted by Gasteiger charge is -2.31. The summed E-state index contributed by atoms with van der Waals surface area (Å²) < 4.78 is 64.3. The number of rotatable bonds is 42. The van der Waals surface area contributed by atoms with Crippen LogP contribution in [0.25, 0.3) is 0 Å². The maximum absolute atomic E-state index is 13.7. The van der Waals surface area contributed by atoms with Gasteiger partial charge in [-0.2, -0.15) is 0 Å². The van der Waals surface area contributed by atoms with Crippen molar-refractivity contribution in [2.24, 2.45) is 0 Å². The van der Waals surface area contributed by atoms with Gasteiger partial charge in [-0.25, -0.2) is 57.5 Å². The van der Waals surface area contributed by atoms with E-state index in [-0.39, 0.29) is 56.2 Å². The van der Waals surface area contributed by atoms with Crippen LogP contribution in [0, 0.1) is 0 Å². The second-order valence-electron chi connectivity index (χ2n) is 28.2. The highest BCUT2D eigenvalue weighted by molar-refractivity contribution is 5.88. The monoisotopic (exact) mass is 1520 g/mol. The van der Waals surface area contributed by atoms with Crippen LogP contribution in [-0.4, -0.2) is 175 Å². The Balaban J connectivity index is 1.81. The Morgan fingerprint density at radius 2 is 0.523 bits per heavy atom. The molecule has 0 heterocycles. The van der Waals surface area contributed by atoms with Crippen molar-refractivity contribution in [1.29, 1.82) is 0 Å². The number of nitrogens with one attached hydrogen (secondary N) is 6. The van der Waals surface area contributed by atoms with Crippen LogP contribution in [0.15, 0.2) is 147 Å². The number of ether oxygens (including phenoxy) is 12. The van der Waals surface area contributed by atoms with Gasteiger partial charge in [-0.1, -0.05) is 112 Å². The highest BCUT2D eigenvalue weighted by atomic mass is 16.6. The van der Waals surface area contributed by atoms with Crippen LogP contribution in [0.5, 0.6) is 0 Å². The predicted molar refractivity (Wildman–Crippen MR) is 398 cm³/mol. The molecule has 109 heavy (non-hydrogen) atoms. The second-order valence-corrected chi connectivity index (χ2v) is 28.2. The van der Waals surface area contributed by atoms with Gasteiger partial charge < -0.3 is 88.7 Å². The van der Waals surface area contributed by atoms with Gasteiger partial charge in [-0.15, -0.1) is 0 Å². The maximum atomic E-state index is 13.7. The molecule has 31 nitrogen and oxygen atoms in total. The van der Waals surface area contributed by atoms with Gasteiger partial charge in [0.1, 0.15) is 59.5 Å². The number of alkyl carbamates (subject to hydrolysis) is 6. The highest BCUT2D eigenvalue weighted by Gasteiger charge is 2.35. The van der Waals surface area contributed by atoms with E-state index in [0.717, 1.165) is 18.2 Å². The van der Waals surface area contributed by atoms with Gasteiger partial charge >= 0.3 is 72.4 Å². The largest absolute Gasteiger partial charge is 0.458 e. The van der Waals surface area contributed by atoms with Crippen molar-refractivity contribution in [1.82, 2.24) is 36.8 Å². The van der Waals surface area contributed by atoms with E-state index in [9.17, 15) is 57.5 Å². The van der Waals surface area contributed by atoms with E-state index in [1.54, 1.807) is 161 Å². The zero-order valence-corrected chi connectivity index (χ0v) is 64.9. The maximum Gasteiger partial charge on any atom is 0.408 e. The molecule has 0 aliphatic carbocycles. The van der Waals surface area contributed by atoms with E-state index in [2.05, 4.69) is 71.4 Å². The van der Waals surface area contributed by atoms with Crippen molar-refractivity contribution in [2.75, 3.05) is 79.1 Å². The van der Waals surface area contributed by atoms with Crippen LogP contribution >= 0.6 is 0 Å². The van der Waals surface area contributed by atoms with E-state index in [1.165, 1.54) is 20.8 Å². The van der Waals surface area contributed by atoms with Crippen LogP contribution < -0.4 is 31.9 Å². The zero-order valence-electron chi connectivity index (χ0n) is 64.9. The minimum absolute atomic E-state index is 0.0339. The van der Waals surface area contributed by atoms with Crippen molar-refractivity contribution >= 4 is 72.4 Å². The summed E-state index contributed by atoms with van der Waals surface area (Å²) in [6.45, 7) is 42.3. The Morgan fingerprint density at radius 3 is 0.716 bits per heavy atom. The number of carbonyl (C=O) groups is 12. The summed E-state index contributed by atoms with van der Waals surface area (Å²) in [6, 6.07) is 21.0. The minimum atomic E-state index is -1.20. The van der Waals surface area contributed by atoms with Gasteiger partial charge in [0.2, 0.25) is 0 Å². The van der Waals surface area contributed by atoms with Crippen molar-refractivity contribution in [2.45, 2.75) is 155 Å². The third-order valence-electron chi connectivity index (χ3n) is 16.1. The number of amides is 6. The minimum Gasteiger partial charge on any atom is -0.458 e. The Morgan fingerprint density at radius 1 is 0.330 bits per heavy atom. The van der Waals surface area contributed by atoms with Crippen molar-refractivity contribution in [3.63, 3.8) is 0 Å². The molecule has 3 aromatic carbocycles. The molecule has 6 amide bonds. The number of hydrogen-bond acceptors (Lipinski definition) is 25. The number of esters is 6. The van der Waals surface area contributed by atoms with Gasteiger partial charge in [0.15, 0.2) is 18.3 Å². The summed E-state index contributed by atoms with van der Waals surface area (Å²) >= 11 is 0. The summed E-state index contributed by atoms with van der Waals surface area (Å²) in [5.41, 5.74) is -2.78. The predicted octanol–water partition coefficient (Wildman–Crippen LogP) is 9.81. The fourth-order valence-electron chi connectivity index (χ4n) is 9.57. The van der Waals surface area contributed by atoms with Gasteiger partial charge in [0, 0.05) is 54.6 Å². The summed E-state index contributed by atoms with van der Waals surface area (Å²) in [5, 5.41) is 16.9. The zero-order chi connectivity index (χ0) is 82.3. The van der Waals surface area contributed by atoms with Crippen LogP contribution in [0.1, 0.15) is 137 Å². The number of nitrogens with zero attached hydrogens (tertiary/aromatic N) is 1. The Labute approximate surface area is 636 Å². The van der Waals surface area contributed by atoms with Crippen molar-refractivity contribution in [3.8, 4) is 0 Å². The van der Waals surface area contributed by atoms with E-state index in [0.29, 0.717) is 33.4 Å². The lowest BCUT2D eigenvalue weighted by molar-refractivity contribution is -0.148.